The van der Waals surface area contributed by atoms with E-state index in [2.05, 4.69) is 25.7 Å². The van der Waals surface area contributed by atoms with Gasteiger partial charge in [-0.25, -0.2) is 4.68 Å². The summed E-state index contributed by atoms with van der Waals surface area (Å²) in [5.41, 5.74) is 1.80. The van der Waals surface area contributed by atoms with E-state index in [1.165, 1.54) is 0 Å². The molecule has 4 heterocycles. The number of carbonyl (C=O) groups is 1. The number of nitrogens with zero attached hydrogens (tertiary/aromatic N) is 8. The molecule has 4 aromatic rings. The van der Waals surface area contributed by atoms with Crippen molar-refractivity contribution in [3.05, 3.63) is 65.9 Å². The minimum absolute atomic E-state index is 0.00624. The van der Waals surface area contributed by atoms with Gasteiger partial charge in [-0.05, 0) is 60.0 Å². The Morgan fingerprint density at radius 1 is 1.18 bits per heavy atom. The van der Waals surface area contributed by atoms with E-state index >= 15 is 0 Å². The van der Waals surface area contributed by atoms with Gasteiger partial charge < -0.3 is 9.64 Å². The van der Waals surface area contributed by atoms with E-state index in [4.69, 9.17) is 4.74 Å². The number of fused-ring (bicyclic) bond motifs is 1. The summed E-state index contributed by atoms with van der Waals surface area (Å²) in [4.78, 5) is 15.7. The average Bonchev–Trinajstić information content (AvgIpc) is 3.48. The van der Waals surface area contributed by atoms with Crippen LogP contribution in [0.3, 0.4) is 0 Å². The van der Waals surface area contributed by atoms with E-state index in [0.717, 1.165) is 35.6 Å². The number of carbonyl (C=O) groups excluding carboxylic acids is 1. The zero-order valence-electron chi connectivity index (χ0n) is 18.7. The highest BCUT2D eigenvalue weighted by Crippen LogP contribution is 2.29. The molecule has 2 unspecified atom stereocenters. The van der Waals surface area contributed by atoms with Crippen LogP contribution in [0.2, 0.25) is 0 Å². The van der Waals surface area contributed by atoms with Crippen molar-refractivity contribution in [2.24, 2.45) is 0 Å². The number of likely N-dealkylation sites (tertiary alicyclic amines) is 1. The number of hydrogen-bond acceptors (Lipinski definition) is 7. The zero-order valence-corrected chi connectivity index (χ0v) is 18.7. The summed E-state index contributed by atoms with van der Waals surface area (Å²) < 4.78 is 9.00. The largest absolute Gasteiger partial charge is 0.497 e. The number of pyridine rings is 1. The first-order valence-corrected chi connectivity index (χ1v) is 11.1. The van der Waals surface area contributed by atoms with Gasteiger partial charge >= 0.3 is 0 Å². The Kier molecular flexibility index (Phi) is 5.72. The minimum Gasteiger partial charge on any atom is -0.497 e. The normalized spacial score (nSPS) is 17.3. The van der Waals surface area contributed by atoms with Crippen molar-refractivity contribution >= 4 is 11.6 Å². The Balaban J connectivity index is 1.41. The number of rotatable bonds is 6. The predicted molar refractivity (Wildman–Crippen MR) is 120 cm³/mol. The van der Waals surface area contributed by atoms with Gasteiger partial charge in [0, 0.05) is 31.6 Å². The molecule has 0 saturated carbocycles. The molecule has 1 amide bonds. The molecule has 0 aliphatic carbocycles. The van der Waals surface area contributed by atoms with Crippen LogP contribution in [0.25, 0.3) is 5.65 Å². The number of hydrogen-bond donors (Lipinski definition) is 0. The van der Waals surface area contributed by atoms with Gasteiger partial charge in [-0.3, -0.25) is 9.20 Å². The van der Waals surface area contributed by atoms with Crippen molar-refractivity contribution in [1.29, 1.82) is 0 Å². The van der Waals surface area contributed by atoms with E-state index in [-0.39, 0.29) is 11.8 Å². The number of amides is 1. The molecular weight excluding hydrogens is 420 g/mol. The standard InChI is InChI=1S/C23H26N8O2/c1-16-24-27-28-31(16)20(14-17-7-5-9-19(13-17)33-2)23(32)29-11-6-8-18(15-29)22-26-25-21-10-3-4-12-30(21)22/h3-5,7,9-10,12-13,18,20H,6,8,11,14-15H2,1-2H3. The third-order valence-corrected chi connectivity index (χ3v) is 6.24. The lowest BCUT2D eigenvalue weighted by atomic mass is 9.95. The fourth-order valence-electron chi connectivity index (χ4n) is 4.56. The SMILES string of the molecule is COc1cccc(CC(C(=O)N2CCCC(c3nnc4ccccn34)C2)n2nnnc2C)c1. The molecule has 2 atom stereocenters. The lowest BCUT2D eigenvalue weighted by Gasteiger charge is -2.34. The van der Waals surface area contributed by atoms with Gasteiger partial charge in [-0.15, -0.1) is 15.3 Å². The Morgan fingerprint density at radius 3 is 2.91 bits per heavy atom. The Labute approximate surface area is 191 Å². The van der Waals surface area contributed by atoms with Crippen LogP contribution in [-0.4, -0.2) is 65.8 Å². The quantitative estimate of drug-likeness (QED) is 0.447. The average molecular weight is 447 g/mol. The maximum absolute atomic E-state index is 13.8. The molecule has 10 nitrogen and oxygen atoms in total. The number of ether oxygens (including phenoxy) is 1. The second-order valence-corrected chi connectivity index (χ2v) is 8.35. The summed E-state index contributed by atoms with van der Waals surface area (Å²) in [6, 6.07) is 13.1. The van der Waals surface area contributed by atoms with Gasteiger partial charge in [-0.1, -0.05) is 18.2 Å². The first-order valence-electron chi connectivity index (χ1n) is 11.1. The first kappa shape index (κ1) is 21.0. The Bertz CT molecular complexity index is 1270. The fraction of sp³-hybridized carbons (Fsp3) is 0.391. The number of aromatic nitrogens is 7. The maximum atomic E-state index is 13.8. The summed E-state index contributed by atoms with van der Waals surface area (Å²) in [5.74, 6) is 2.38. The van der Waals surface area contributed by atoms with Crippen molar-refractivity contribution in [1.82, 2.24) is 39.7 Å². The molecule has 0 radical (unpaired) electrons. The third-order valence-electron chi connectivity index (χ3n) is 6.24. The highest BCUT2D eigenvalue weighted by molar-refractivity contribution is 5.81. The van der Waals surface area contributed by atoms with Crippen LogP contribution in [0.15, 0.2) is 48.7 Å². The number of piperidine rings is 1. The first-order chi connectivity index (χ1) is 16.1. The van der Waals surface area contributed by atoms with Crippen molar-refractivity contribution in [3.63, 3.8) is 0 Å². The molecule has 1 fully saturated rings. The summed E-state index contributed by atoms with van der Waals surface area (Å²) in [6.07, 6.45) is 4.31. The smallest absolute Gasteiger partial charge is 0.247 e. The number of tetrazole rings is 1. The van der Waals surface area contributed by atoms with Crippen molar-refractivity contribution in [2.45, 2.75) is 38.1 Å². The van der Waals surface area contributed by atoms with Gasteiger partial charge in [0.15, 0.2) is 5.65 Å². The van der Waals surface area contributed by atoms with E-state index in [0.29, 0.717) is 25.3 Å². The summed E-state index contributed by atoms with van der Waals surface area (Å²) in [5, 5.41) is 20.6. The van der Waals surface area contributed by atoms with Crippen LogP contribution in [0.1, 0.15) is 42.0 Å². The van der Waals surface area contributed by atoms with Crippen molar-refractivity contribution < 1.29 is 9.53 Å². The topological polar surface area (TPSA) is 103 Å². The molecule has 1 aliphatic rings. The zero-order chi connectivity index (χ0) is 22.8. The molecule has 1 aliphatic heterocycles. The van der Waals surface area contributed by atoms with Crippen molar-refractivity contribution in [2.75, 3.05) is 20.2 Å². The maximum Gasteiger partial charge on any atom is 0.247 e. The highest BCUT2D eigenvalue weighted by atomic mass is 16.5. The lowest BCUT2D eigenvalue weighted by Crippen LogP contribution is -2.44. The third kappa shape index (κ3) is 4.15. The van der Waals surface area contributed by atoms with E-state index < -0.39 is 6.04 Å². The molecule has 0 N–H and O–H groups in total. The molecule has 1 aromatic carbocycles. The predicted octanol–water partition coefficient (Wildman–Crippen LogP) is 2.22. The molecule has 0 spiro atoms. The molecule has 10 heteroatoms. The molecule has 5 rings (SSSR count). The number of benzene rings is 1. The second kappa shape index (κ2) is 8.97. The van der Waals surface area contributed by atoms with Crippen LogP contribution in [0.4, 0.5) is 0 Å². The fourth-order valence-corrected chi connectivity index (χ4v) is 4.56. The van der Waals surface area contributed by atoms with Gasteiger partial charge in [0.25, 0.3) is 0 Å². The van der Waals surface area contributed by atoms with Gasteiger partial charge in [-0.2, -0.15) is 0 Å². The number of methoxy groups -OCH3 is 1. The highest BCUT2D eigenvalue weighted by Gasteiger charge is 2.33. The molecule has 170 valence electrons. The molecule has 33 heavy (non-hydrogen) atoms. The minimum atomic E-state index is -0.541. The van der Waals surface area contributed by atoms with Crippen LogP contribution in [0, 0.1) is 6.92 Å². The molecule has 3 aromatic heterocycles. The summed E-state index contributed by atoms with van der Waals surface area (Å²) in [6.45, 7) is 3.10. The number of aryl methyl sites for hydroxylation is 1. The Morgan fingerprint density at radius 2 is 2.09 bits per heavy atom. The van der Waals surface area contributed by atoms with Crippen LogP contribution >= 0.6 is 0 Å². The van der Waals surface area contributed by atoms with Gasteiger partial charge in [0.2, 0.25) is 5.91 Å². The molecule has 1 saturated heterocycles. The van der Waals surface area contributed by atoms with Gasteiger partial charge in [0.1, 0.15) is 23.4 Å². The summed E-state index contributed by atoms with van der Waals surface area (Å²) in [7, 11) is 1.63. The van der Waals surface area contributed by atoms with Crippen LogP contribution < -0.4 is 4.74 Å². The monoisotopic (exact) mass is 446 g/mol. The van der Waals surface area contributed by atoms with Crippen molar-refractivity contribution in [3.8, 4) is 5.75 Å². The van der Waals surface area contributed by atoms with E-state index in [1.54, 1.807) is 11.8 Å². The second-order valence-electron chi connectivity index (χ2n) is 8.35. The summed E-state index contributed by atoms with van der Waals surface area (Å²) >= 11 is 0. The van der Waals surface area contributed by atoms with E-state index in [9.17, 15) is 4.79 Å². The lowest BCUT2D eigenvalue weighted by molar-refractivity contribution is -0.136. The molecule has 0 bridgehead atoms. The Hall–Kier alpha value is -3.82. The van der Waals surface area contributed by atoms with Crippen LogP contribution in [0.5, 0.6) is 5.75 Å². The van der Waals surface area contributed by atoms with E-state index in [1.807, 2.05) is 64.9 Å². The van der Waals surface area contributed by atoms with Crippen LogP contribution in [-0.2, 0) is 11.2 Å². The molecular formula is C23H26N8O2. The van der Waals surface area contributed by atoms with Gasteiger partial charge in [0.05, 0.1) is 7.11 Å².